The maximum Gasteiger partial charge on any atom is 0.0814 e. The normalized spacial score (nSPS) is 19.6. The van der Waals surface area contributed by atoms with E-state index in [1.54, 1.807) is 0 Å². The molecule has 1 heteroatoms. The third-order valence-corrected chi connectivity index (χ3v) is 4.13. The van der Waals surface area contributed by atoms with Crippen molar-refractivity contribution in [2.45, 2.75) is 46.5 Å². The molecular weight excluding hydrogens is 158 g/mol. The Morgan fingerprint density at radius 1 is 0.923 bits per heavy atom. The lowest BCUT2D eigenvalue weighted by atomic mass is 10.1. The molecule has 1 rings (SSSR count). The molecule has 0 N–H and O–H groups in total. The molecule has 0 amide bonds. The molecule has 0 aliphatic heterocycles. The standard InChI is InChI=1S/C12H26N/c1-4-13(5-2,6-3)11-12-9-7-8-10-12/h12H,4-11H2,1-3H3/q+1. The minimum atomic E-state index is 1.04. The molecule has 0 aromatic rings. The fourth-order valence-electron chi connectivity index (χ4n) is 2.80. The Morgan fingerprint density at radius 3 is 1.77 bits per heavy atom. The van der Waals surface area contributed by atoms with Crippen molar-refractivity contribution in [1.29, 1.82) is 0 Å². The van der Waals surface area contributed by atoms with Crippen molar-refractivity contribution >= 4 is 0 Å². The zero-order chi connectivity index (χ0) is 9.73. The van der Waals surface area contributed by atoms with E-state index in [4.69, 9.17) is 0 Å². The van der Waals surface area contributed by atoms with Gasteiger partial charge in [-0.25, -0.2) is 0 Å². The number of hydrogen-bond acceptors (Lipinski definition) is 0. The van der Waals surface area contributed by atoms with Crippen LogP contribution in [0.4, 0.5) is 0 Å². The summed E-state index contributed by atoms with van der Waals surface area (Å²) in [5.41, 5.74) is 0. The molecule has 1 fully saturated rings. The van der Waals surface area contributed by atoms with Crippen LogP contribution in [-0.2, 0) is 0 Å². The molecule has 1 nitrogen and oxygen atoms in total. The van der Waals surface area contributed by atoms with Gasteiger partial charge < -0.3 is 4.48 Å². The summed E-state index contributed by atoms with van der Waals surface area (Å²) in [5.74, 6) is 1.04. The van der Waals surface area contributed by atoms with Crippen molar-refractivity contribution in [2.75, 3.05) is 26.2 Å². The Labute approximate surface area is 83.7 Å². The first kappa shape index (κ1) is 11.0. The molecule has 1 saturated carbocycles. The van der Waals surface area contributed by atoms with Crippen LogP contribution < -0.4 is 0 Å². The summed E-state index contributed by atoms with van der Waals surface area (Å²) in [6.45, 7) is 12.5. The zero-order valence-corrected chi connectivity index (χ0v) is 9.68. The zero-order valence-electron chi connectivity index (χ0n) is 9.68. The molecule has 0 saturated heterocycles. The Morgan fingerprint density at radius 2 is 1.38 bits per heavy atom. The maximum atomic E-state index is 2.35. The van der Waals surface area contributed by atoms with Crippen LogP contribution in [0.15, 0.2) is 0 Å². The van der Waals surface area contributed by atoms with Crippen LogP contribution in [-0.4, -0.2) is 30.7 Å². The maximum absolute atomic E-state index is 2.35. The van der Waals surface area contributed by atoms with Crippen molar-refractivity contribution < 1.29 is 4.48 Å². The van der Waals surface area contributed by atoms with Gasteiger partial charge >= 0.3 is 0 Å². The highest BCUT2D eigenvalue weighted by Gasteiger charge is 2.27. The van der Waals surface area contributed by atoms with E-state index in [1.165, 1.54) is 56.3 Å². The monoisotopic (exact) mass is 184 g/mol. The van der Waals surface area contributed by atoms with Crippen LogP contribution >= 0.6 is 0 Å². The molecule has 1 aliphatic carbocycles. The Bertz CT molecular complexity index is 124. The van der Waals surface area contributed by atoms with Gasteiger partial charge in [-0.1, -0.05) is 12.8 Å². The highest BCUT2D eigenvalue weighted by atomic mass is 15.3. The fourth-order valence-corrected chi connectivity index (χ4v) is 2.80. The first-order valence-corrected chi connectivity index (χ1v) is 6.11. The fraction of sp³-hybridized carbons (Fsp3) is 1.00. The van der Waals surface area contributed by atoms with Crippen molar-refractivity contribution in [2.24, 2.45) is 5.92 Å². The highest BCUT2D eigenvalue weighted by molar-refractivity contribution is 4.66. The Kier molecular flexibility index (Phi) is 4.24. The van der Waals surface area contributed by atoms with Crippen molar-refractivity contribution in [3.05, 3.63) is 0 Å². The van der Waals surface area contributed by atoms with E-state index in [-0.39, 0.29) is 0 Å². The Hall–Kier alpha value is -0.0400. The van der Waals surface area contributed by atoms with Gasteiger partial charge in [0.15, 0.2) is 0 Å². The lowest BCUT2D eigenvalue weighted by Gasteiger charge is -2.38. The number of nitrogens with zero attached hydrogens (tertiary/aromatic N) is 1. The van der Waals surface area contributed by atoms with Gasteiger partial charge in [0.05, 0.1) is 26.2 Å². The molecule has 0 heterocycles. The van der Waals surface area contributed by atoms with Crippen LogP contribution in [0.1, 0.15) is 46.5 Å². The number of quaternary nitrogens is 1. The topological polar surface area (TPSA) is 0 Å². The summed E-state index contributed by atoms with van der Waals surface area (Å²) in [5, 5.41) is 0. The highest BCUT2D eigenvalue weighted by Crippen LogP contribution is 2.27. The largest absolute Gasteiger partial charge is 0.324 e. The van der Waals surface area contributed by atoms with E-state index in [0.29, 0.717) is 0 Å². The quantitative estimate of drug-likeness (QED) is 0.576. The summed E-state index contributed by atoms with van der Waals surface area (Å²) < 4.78 is 1.35. The molecule has 0 aromatic heterocycles. The van der Waals surface area contributed by atoms with Gasteiger partial charge in [-0.3, -0.25) is 0 Å². The number of rotatable bonds is 5. The number of hydrogen-bond donors (Lipinski definition) is 0. The van der Waals surface area contributed by atoms with Crippen LogP contribution in [0.2, 0.25) is 0 Å². The summed E-state index contributed by atoms with van der Waals surface area (Å²) in [7, 11) is 0. The third kappa shape index (κ3) is 2.70. The summed E-state index contributed by atoms with van der Waals surface area (Å²) in [4.78, 5) is 0. The molecule has 0 aromatic carbocycles. The summed E-state index contributed by atoms with van der Waals surface area (Å²) >= 11 is 0. The van der Waals surface area contributed by atoms with E-state index in [2.05, 4.69) is 20.8 Å². The second kappa shape index (κ2) is 4.99. The van der Waals surface area contributed by atoms with Crippen molar-refractivity contribution in [3.8, 4) is 0 Å². The molecule has 78 valence electrons. The van der Waals surface area contributed by atoms with Gasteiger partial charge in [0, 0.05) is 5.92 Å². The first-order chi connectivity index (χ1) is 6.26. The molecule has 0 radical (unpaired) electrons. The van der Waals surface area contributed by atoms with Crippen molar-refractivity contribution in [3.63, 3.8) is 0 Å². The average molecular weight is 184 g/mol. The van der Waals surface area contributed by atoms with Crippen LogP contribution in [0, 0.1) is 5.92 Å². The molecular formula is C12H26N+. The van der Waals surface area contributed by atoms with E-state index < -0.39 is 0 Å². The lowest BCUT2D eigenvalue weighted by Crippen LogP contribution is -2.50. The second-order valence-corrected chi connectivity index (χ2v) is 4.62. The first-order valence-electron chi connectivity index (χ1n) is 6.11. The van der Waals surface area contributed by atoms with Crippen LogP contribution in [0.3, 0.4) is 0 Å². The van der Waals surface area contributed by atoms with Gasteiger partial charge in [-0.2, -0.15) is 0 Å². The van der Waals surface area contributed by atoms with Gasteiger partial charge in [-0.05, 0) is 33.6 Å². The van der Waals surface area contributed by atoms with E-state index in [1.807, 2.05) is 0 Å². The molecule has 0 atom stereocenters. The third-order valence-electron chi connectivity index (χ3n) is 4.13. The van der Waals surface area contributed by atoms with Crippen molar-refractivity contribution in [1.82, 2.24) is 0 Å². The van der Waals surface area contributed by atoms with Gasteiger partial charge in [0.2, 0.25) is 0 Å². The minimum Gasteiger partial charge on any atom is -0.324 e. The predicted octanol–water partition coefficient (Wildman–Crippen LogP) is 3.05. The minimum absolute atomic E-state index is 1.04. The summed E-state index contributed by atoms with van der Waals surface area (Å²) in [6, 6.07) is 0. The van der Waals surface area contributed by atoms with Gasteiger partial charge in [0.1, 0.15) is 0 Å². The summed E-state index contributed by atoms with van der Waals surface area (Å²) in [6.07, 6.45) is 5.98. The molecule has 13 heavy (non-hydrogen) atoms. The predicted molar refractivity (Wildman–Crippen MR) is 58.7 cm³/mol. The van der Waals surface area contributed by atoms with E-state index in [9.17, 15) is 0 Å². The second-order valence-electron chi connectivity index (χ2n) is 4.62. The average Bonchev–Trinajstić information content (AvgIpc) is 2.67. The molecule has 0 unspecified atom stereocenters. The smallest absolute Gasteiger partial charge is 0.0814 e. The SMILES string of the molecule is CC[N+](CC)(CC)CC1CCCC1. The molecule has 1 aliphatic rings. The molecule has 0 bridgehead atoms. The lowest BCUT2D eigenvalue weighted by molar-refractivity contribution is -0.926. The van der Waals surface area contributed by atoms with E-state index >= 15 is 0 Å². The van der Waals surface area contributed by atoms with Gasteiger partial charge in [0.25, 0.3) is 0 Å². The van der Waals surface area contributed by atoms with Crippen LogP contribution in [0.25, 0.3) is 0 Å². The molecule has 0 spiro atoms. The van der Waals surface area contributed by atoms with E-state index in [0.717, 1.165) is 5.92 Å². The van der Waals surface area contributed by atoms with Gasteiger partial charge in [-0.15, -0.1) is 0 Å². The van der Waals surface area contributed by atoms with Crippen LogP contribution in [0.5, 0.6) is 0 Å². The Balaban J connectivity index is 2.44.